The van der Waals surface area contributed by atoms with E-state index in [2.05, 4.69) is 15.8 Å². The van der Waals surface area contributed by atoms with Gasteiger partial charge < -0.3 is 20.5 Å². The van der Waals surface area contributed by atoms with E-state index in [0.717, 1.165) is 11.1 Å². The molecular formula is C21H24N4O5. The summed E-state index contributed by atoms with van der Waals surface area (Å²) in [5, 5.41) is 6.32. The van der Waals surface area contributed by atoms with Gasteiger partial charge in [0, 0.05) is 5.69 Å². The molecule has 0 spiro atoms. The van der Waals surface area contributed by atoms with Crippen LogP contribution in [0.25, 0.3) is 0 Å². The van der Waals surface area contributed by atoms with Crippen LogP contribution in [0.5, 0.6) is 11.5 Å². The first-order valence-electron chi connectivity index (χ1n) is 9.19. The second-order valence-electron chi connectivity index (χ2n) is 6.42. The third-order valence-corrected chi connectivity index (χ3v) is 3.70. The number of hydrazone groups is 1. The fourth-order valence-electron chi connectivity index (χ4n) is 2.59. The molecule has 0 aromatic heterocycles. The highest BCUT2D eigenvalue weighted by Gasteiger charge is 2.13. The minimum Gasteiger partial charge on any atom is -0.490 e. The molecule has 9 nitrogen and oxygen atoms in total. The first-order valence-corrected chi connectivity index (χ1v) is 9.19. The lowest BCUT2D eigenvalue weighted by Crippen LogP contribution is -2.32. The normalized spacial score (nSPS) is 10.5. The summed E-state index contributed by atoms with van der Waals surface area (Å²) in [6, 6.07) is 10.3. The van der Waals surface area contributed by atoms with E-state index in [1.807, 2.05) is 19.9 Å². The van der Waals surface area contributed by atoms with Gasteiger partial charge in [0.15, 0.2) is 18.1 Å². The Morgan fingerprint density at radius 3 is 2.33 bits per heavy atom. The fourth-order valence-corrected chi connectivity index (χ4v) is 2.59. The van der Waals surface area contributed by atoms with E-state index in [1.165, 1.54) is 6.21 Å². The first-order chi connectivity index (χ1) is 14.3. The second kappa shape index (κ2) is 10.6. The smallest absolute Gasteiger partial charge is 0.329 e. The van der Waals surface area contributed by atoms with Gasteiger partial charge in [-0.2, -0.15) is 5.10 Å². The monoisotopic (exact) mass is 412 g/mol. The van der Waals surface area contributed by atoms with Gasteiger partial charge in [0.05, 0.1) is 12.8 Å². The molecule has 2 aromatic rings. The molecule has 0 atom stereocenters. The van der Waals surface area contributed by atoms with Gasteiger partial charge in [-0.15, -0.1) is 0 Å². The number of hydrogen-bond donors (Lipinski definition) is 3. The van der Waals surface area contributed by atoms with E-state index >= 15 is 0 Å². The van der Waals surface area contributed by atoms with Crippen molar-refractivity contribution in [2.24, 2.45) is 10.8 Å². The van der Waals surface area contributed by atoms with Crippen LogP contribution in [0.4, 0.5) is 5.69 Å². The topological polar surface area (TPSA) is 132 Å². The molecule has 0 fully saturated rings. The molecule has 2 rings (SSSR count). The van der Waals surface area contributed by atoms with Crippen molar-refractivity contribution in [2.45, 2.75) is 20.8 Å². The van der Waals surface area contributed by atoms with Crippen molar-refractivity contribution in [2.75, 3.05) is 18.5 Å². The Labute approximate surface area is 174 Å². The zero-order valence-corrected chi connectivity index (χ0v) is 17.0. The minimum absolute atomic E-state index is 0.279. The Hall–Kier alpha value is -3.88. The average molecular weight is 412 g/mol. The number of anilines is 1. The van der Waals surface area contributed by atoms with Crippen molar-refractivity contribution in [3.8, 4) is 11.5 Å². The van der Waals surface area contributed by atoms with Crippen molar-refractivity contribution in [3.63, 3.8) is 0 Å². The summed E-state index contributed by atoms with van der Waals surface area (Å²) in [6.07, 6.45) is 1.35. The maximum absolute atomic E-state index is 12.0. The number of rotatable bonds is 8. The van der Waals surface area contributed by atoms with Crippen molar-refractivity contribution in [3.05, 3.63) is 53.1 Å². The molecule has 0 aliphatic rings. The molecule has 158 valence electrons. The van der Waals surface area contributed by atoms with Crippen LogP contribution >= 0.6 is 0 Å². The summed E-state index contributed by atoms with van der Waals surface area (Å²) in [7, 11) is 0. The van der Waals surface area contributed by atoms with Crippen LogP contribution in [0.3, 0.4) is 0 Å². The number of benzene rings is 2. The van der Waals surface area contributed by atoms with Gasteiger partial charge in [0.25, 0.3) is 5.91 Å². The number of amides is 3. The molecule has 3 amide bonds. The molecule has 4 N–H and O–H groups in total. The standard InChI is InChI=1S/C21H24N4O5/c1-4-29-18-10-15(5-6-17(18)30-12-19(22)26)11-23-25-21(28)20(27)24-16-8-13(2)7-14(3)9-16/h5-11H,4,12H2,1-3H3,(H2,22,26)(H,24,27)(H,25,28)/b23-11+. The predicted molar refractivity (Wildman–Crippen MR) is 113 cm³/mol. The first kappa shape index (κ1) is 22.4. The van der Waals surface area contributed by atoms with E-state index in [4.69, 9.17) is 15.2 Å². The molecule has 2 aromatic carbocycles. The van der Waals surface area contributed by atoms with Crippen LogP contribution in [0.2, 0.25) is 0 Å². The van der Waals surface area contributed by atoms with Gasteiger partial charge in [0.1, 0.15) is 0 Å². The van der Waals surface area contributed by atoms with Gasteiger partial charge in [-0.05, 0) is 67.8 Å². The van der Waals surface area contributed by atoms with Gasteiger partial charge >= 0.3 is 11.8 Å². The summed E-state index contributed by atoms with van der Waals surface area (Å²) in [5.41, 5.74) is 10.3. The zero-order valence-electron chi connectivity index (χ0n) is 17.0. The van der Waals surface area contributed by atoms with E-state index in [-0.39, 0.29) is 6.61 Å². The number of nitrogens with zero attached hydrogens (tertiary/aromatic N) is 1. The third kappa shape index (κ3) is 6.93. The Morgan fingerprint density at radius 2 is 1.70 bits per heavy atom. The Bertz CT molecular complexity index is 952. The maximum atomic E-state index is 12.0. The Balaban J connectivity index is 1.99. The molecular weight excluding hydrogens is 388 g/mol. The lowest BCUT2D eigenvalue weighted by Gasteiger charge is -2.11. The van der Waals surface area contributed by atoms with Gasteiger partial charge in [-0.3, -0.25) is 14.4 Å². The van der Waals surface area contributed by atoms with E-state index in [9.17, 15) is 14.4 Å². The number of nitrogens with one attached hydrogen (secondary N) is 2. The van der Waals surface area contributed by atoms with E-state index in [0.29, 0.717) is 29.4 Å². The number of hydrogen-bond acceptors (Lipinski definition) is 6. The number of carbonyl (C=O) groups is 3. The number of primary amides is 1. The summed E-state index contributed by atoms with van der Waals surface area (Å²) < 4.78 is 10.8. The quantitative estimate of drug-likeness (QED) is 0.345. The van der Waals surface area contributed by atoms with Crippen molar-refractivity contribution >= 4 is 29.6 Å². The highest BCUT2D eigenvalue weighted by molar-refractivity contribution is 6.39. The predicted octanol–water partition coefficient (Wildman–Crippen LogP) is 1.66. The van der Waals surface area contributed by atoms with Gasteiger partial charge in [0.2, 0.25) is 0 Å². The molecule has 0 aliphatic carbocycles. The Morgan fingerprint density at radius 1 is 1.00 bits per heavy atom. The highest BCUT2D eigenvalue weighted by atomic mass is 16.5. The minimum atomic E-state index is -0.906. The molecule has 0 bridgehead atoms. The van der Waals surface area contributed by atoms with E-state index < -0.39 is 17.7 Å². The number of aryl methyl sites for hydroxylation is 2. The molecule has 0 saturated carbocycles. The van der Waals surface area contributed by atoms with Crippen molar-refractivity contribution in [1.29, 1.82) is 0 Å². The highest BCUT2D eigenvalue weighted by Crippen LogP contribution is 2.28. The van der Waals surface area contributed by atoms with Crippen LogP contribution in [0.15, 0.2) is 41.5 Å². The molecule has 0 aliphatic heterocycles. The van der Waals surface area contributed by atoms with Crippen LogP contribution in [-0.2, 0) is 14.4 Å². The number of carbonyl (C=O) groups excluding carboxylic acids is 3. The van der Waals surface area contributed by atoms with Crippen LogP contribution in [0, 0.1) is 13.8 Å². The number of ether oxygens (including phenoxy) is 2. The zero-order chi connectivity index (χ0) is 22.1. The molecule has 0 saturated heterocycles. The van der Waals surface area contributed by atoms with Gasteiger partial charge in [-0.1, -0.05) is 6.07 Å². The SMILES string of the molecule is CCOc1cc(/C=N/NC(=O)C(=O)Nc2cc(C)cc(C)c2)ccc1OCC(N)=O. The molecule has 30 heavy (non-hydrogen) atoms. The van der Waals surface area contributed by atoms with Crippen LogP contribution in [0.1, 0.15) is 23.6 Å². The lowest BCUT2D eigenvalue weighted by molar-refractivity contribution is -0.136. The van der Waals surface area contributed by atoms with Gasteiger partial charge in [-0.25, -0.2) is 5.43 Å². The summed E-state index contributed by atoms with van der Waals surface area (Å²) in [6.45, 7) is 5.69. The largest absolute Gasteiger partial charge is 0.490 e. The summed E-state index contributed by atoms with van der Waals surface area (Å²) >= 11 is 0. The van der Waals surface area contributed by atoms with Crippen LogP contribution in [-0.4, -0.2) is 37.1 Å². The molecule has 0 radical (unpaired) electrons. The van der Waals surface area contributed by atoms with Crippen molar-refractivity contribution < 1.29 is 23.9 Å². The molecule has 0 heterocycles. The summed E-state index contributed by atoms with van der Waals surface area (Å²) in [4.78, 5) is 34.9. The molecule has 0 unspecified atom stereocenters. The Kier molecular flexibility index (Phi) is 7.92. The van der Waals surface area contributed by atoms with Crippen LogP contribution < -0.4 is 25.9 Å². The molecule has 9 heteroatoms. The lowest BCUT2D eigenvalue weighted by atomic mass is 10.1. The van der Waals surface area contributed by atoms with Crippen molar-refractivity contribution in [1.82, 2.24) is 5.43 Å². The fraction of sp³-hybridized carbons (Fsp3) is 0.238. The third-order valence-electron chi connectivity index (χ3n) is 3.70. The maximum Gasteiger partial charge on any atom is 0.329 e. The van der Waals surface area contributed by atoms with E-state index in [1.54, 1.807) is 37.3 Å². The average Bonchev–Trinajstić information content (AvgIpc) is 2.66. The second-order valence-corrected chi connectivity index (χ2v) is 6.42. The number of nitrogens with two attached hydrogens (primary N) is 1. The summed E-state index contributed by atoms with van der Waals surface area (Å²) in [5.74, 6) is -1.60.